The van der Waals surface area contributed by atoms with Gasteiger partial charge in [-0.3, -0.25) is 0 Å². The average Bonchev–Trinajstić information content (AvgIpc) is 3.14. The Morgan fingerprint density at radius 3 is 2.61 bits per heavy atom. The molecule has 2 rings (SSSR count). The fourth-order valence-electron chi connectivity index (χ4n) is 1.82. The summed E-state index contributed by atoms with van der Waals surface area (Å²) in [6.07, 6.45) is 3.51. The van der Waals surface area contributed by atoms with Crippen molar-refractivity contribution in [2.75, 3.05) is 37.9 Å². The summed E-state index contributed by atoms with van der Waals surface area (Å²) in [4.78, 5) is 12.2. The molecule has 0 aromatic carbocycles. The van der Waals surface area contributed by atoms with Crippen LogP contribution in [0.15, 0.2) is 0 Å². The van der Waals surface area contributed by atoms with E-state index in [0.29, 0.717) is 17.3 Å². The Morgan fingerprint density at radius 1 is 1.28 bits per heavy atom. The van der Waals surface area contributed by atoms with Gasteiger partial charge in [0.15, 0.2) is 0 Å². The molecular weight excluding hydrogens is 254 g/mol. The summed E-state index contributed by atoms with van der Waals surface area (Å²) >= 11 is 5.82. The maximum Gasteiger partial charge on any atom is 0.228 e. The zero-order valence-corrected chi connectivity index (χ0v) is 11.4. The van der Waals surface area contributed by atoms with Crippen LogP contribution in [0.3, 0.4) is 0 Å². The predicted octanol–water partition coefficient (Wildman–Crippen LogP) is 1.80. The van der Waals surface area contributed by atoms with Gasteiger partial charge < -0.3 is 15.4 Å². The van der Waals surface area contributed by atoms with Crippen LogP contribution in [-0.4, -0.2) is 42.3 Å². The van der Waals surface area contributed by atoms with E-state index in [1.807, 2.05) is 0 Å². The second-order valence-corrected chi connectivity index (χ2v) is 4.94. The van der Waals surface area contributed by atoms with Crippen molar-refractivity contribution in [1.29, 1.82) is 0 Å². The minimum absolute atomic E-state index is 0.193. The van der Waals surface area contributed by atoms with E-state index in [1.54, 1.807) is 14.2 Å². The van der Waals surface area contributed by atoms with Crippen molar-refractivity contribution in [1.82, 2.24) is 15.0 Å². The molecule has 18 heavy (non-hydrogen) atoms. The van der Waals surface area contributed by atoms with Gasteiger partial charge >= 0.3 is 0 Å². The molecule has 0 bridgehead atoms. The fraction of sp³-hybridized carbons (Fsp3) is 0.727. The maximum atomic E-state index is 5.82. The Labute approximate surface area is 112 Å². The van der Waals surface area contributed by atoms with Crippen LogP contribution in [0.25, 0.3) is 0 Å². The topological polar surface area (TPSA) is 72.0 Å². The number of halogens is 1. The van der Waals surface area contributed by atoms with E-state index in [1.165, 1.54) is 12.8 Å². The first-order valence-corrected chi connectivity index (χ1v) is 6.37. The first-order chi connectivity index (χ1) is 8.67. The van der Waals surface area contributed by atoms with Crippen molar-refractivity contribution < 1.29 is 4.74 Å². The molecule has 0 atom stereocenters. The van der Waals surface area contributed by atoms with E-state index < -0.39 is 0 Å². The monoisotopic (exact) mass is 271 g/mol. The van der Waals surface area contributed by atoms with Gasteiger partial charge in [0.1, 0.15) is 0 Å². The molecule has 7 heteroatoms. The Morgan fingerprint density at radius 2 is 2.00 bits per heavy atom. The number of nitrogens with one attached hydrogen (secondary N) is 2. The van der Waals surface area contributed by atoms with Crippen LogP contribution >= 0.6 is 11.6 Å². The van der Waals surface area contributed by atoms with E-state index in [0.717, 1.165) is 19.6 Å². The van der Waals surface area contributed by atoms with Gasteiger partial charge in [0.05, 0.1) is 0 Å². The lowest BCUT2D eigenvalue weighted by Gasteiger charge is -2.15. The van der Waals surface area contributed by atoms with Gasteiger partial charge in [-0.15, -0.1) is 0 Å². The molecule has 1 heterocycles. The fourth-order valence-corrected chi connectivity index (χ4v) is 1.98. The van der Waals surface area contributed by atoms with Crippen LogP contribution in [0.1, 0.15) is 19.3 Å². The van der Waals surface area contributed by atoms with Gasteiger partial charge in [-0.2, -0.15) is 15.0 Å². The summed E-state index contributed by atoms with van der Waals surface area (Å²) < 4.78 is 5.13. The van der Waals surface area contributed by atoms with Gasteiger partial charge in [-0.05, 0) is 36.3 Å². The number of hydrogen-bond acceptors (Lipinski definition) is 6. The smallest absolute Gasteiger partial charge is 0.228 e. The van der Waals surface area contributed by atoms with Gasteiger partial charge in [0.25, 0.3) is 0 Å². The molecule has 100 valence electrons. The van der Waals surface area contributed by atoms with Crippen LogP contribution < -0.4 is 10.6 Å². The lowest BCUT2D eigenvalue weighted by atomic mass is 10.0. The minimum Gasteiger partial charge on any atom is -0.385 e. The highest BCUT2D eigenvalue weighted by Crippen LogP contribution is 2.48. The first kappa shape index (κ1) is 13.3. The van der Waals surface area contributed by atoms with Crippen LogP contribution in [0.4, 0.5) is 11.9 Å². The number of aromatic nitrogens is 3. The molecule has 0 amide bonds. The van der Waals surface area contributed by atoms with Crippen molar-refractivity contribution in [3.05, 3.63) is 5.28 Å². The molecule has 1 aliphatic rings. The highest BCUT2D eigenvalue weighted by molar-refractivity contribution is 6.28. The van der Waals surface area contributed by atoms with E-state index in [-0.39, 0.29) is 5.28 Å². The van der Waals surface area contributed by atoms with Crippen molar-refractivity contribution in [2.24, 2.45) is 5.41 Å². The molecule has 0 radical (unpaired) electrons. The molecule has 0 unspecified atom stereocenters. The standard InChI is InChI=1S/C11H18ClN5O/c1-13-9-15-8(12)16-10(17-9)14-7-11(3-4-11)5-6-18-2/h3-7H2,1-2H3,(H2,13,14,15,16,17). The summed E-state index contributed by atoms with van der Waals surface area (Å²) in [5, 5.41) is 6.27. The molecule has 0 aliphatic heterocycles. The zero-order chi connectivity index (χ0) is 13.0. The quantitative estimate of drug-likeness (QED) is 0.788. The van der Waals surface area contributed by atoms with Crippen LogP contribution in [0.5, 0.6) is 0 Å². The molecule has 0 spiro atoms. The molecule has 1 aromatic rings. The molecule has 1 fully saturated rings. The number of ether oxygens (including phenoxy) is 1. The van der Waals surface area contributed by atoms with E-state index in [2.05, 4.69) is 25.6 Å². The summed E-state index contributed by atoms with van der Waals surface area (Å²) in [7, 11) is 3.48. The lowest BCUT2D eigenvalue weighted by Crippen LogP contribution is -2.19. The Bertz CT molecular complexity index is 410. The van der Waals surface area contributed by atoms with Crippen molar-refractivity contribution in [3.8, 4) is 0 Å². The third-order valence-corrected chi connectivity index (χ3v) is 3.42. The predicted molar refractivity (Wildman–Crippen MR) is 71.0 cm³/mol. The minimum atomic E-state index is 0.193. The number of methoxy groups -OCH3 is 1. The summed E-state index contributed by atoms with van der Waals surface area (Å²) in [6, 6.07) is 0. The average molecular weight is 272 g/mol. The van der Waals surface area contributed by atoms with E-state index in [9.17, 15) is 0 Å². The molecule has 1 aromatic heterocycles. The lowest BCUT2D eigenvalue weighted by molar-refractivity contribution is 0.175. The van der Waals surface area contributed by atoms with Crippen molar-refractivity contribution >= 4 is 23.5 Å². The Kier molecular flexibility index (Phi) is 4.19. The molecule has 6 nitrogen and oxygen atoms in total. The van der Waals surface area contributed by atoms with Gasteiger partial charge in [-0.1, -0.05) is 0 Å². The van der Waals surface area contributed by atoms with E-state index in [4.69, 9.17) is 16.3 Å². The Balaban J connectivity index is 1.92. The van der Waals surface area contributed by atoms with Crippen LogP contribution in [-0.2, 0) is 4.74 Å². The van der Waals surface area contributed by atoms with Gasteiger partial charge in [-0.25, -0.2) is 0 Å². The zero-order valence-electron chi connectivity index (χ0n) is 10.7. The van der Waals surface area contributed by atoms with Gasteiger partial charge in [0, 0.05) is 27.3 Å². The first-order valence-electron chi connectivity index (χ1n) is 6.00. The molecule has 1 aliphatic carbocycles. The Hall–Kier alpha value is -1.14. The molecule has 0 saturated heterocycles. The number of anilines is 2. The summed E-state index contributed by atoms with van der Waals surface area (Å²) in [5.41, 5.74) is 0.342. The highest BCUT2D eigenvalue weighted by Gasteiger charge is 2.41. The number of rotatable bonds is 7. The molecular formula is C11H18ClN5O. The second-order valence-electron chi connectivity index (χ2n) is 4.60. The van der Waals surface area contributed by atoms with Crippen molar-refractivity contribution in [2.45, 2.75) is 19.3 Å². The number of hydrogen-bond donors (Lipinski definition) is 2. The molecule has 2 N–H and O–H groups in total. The third kappa shape index (κ3) is 3.43. The maximum absolute atomic E-state index is 5.82. The van der Waals surface area contributed by atoms with Gasteiger partial charge in [0.2, 0.25) is 17.2 Å². The highest BCUT2D eigenvalue weighted by atomic mass is 35.5. The van der Waals surface area contributed by atoms with Crippen LogP contribution in [0, 0.1) is 5.41 Å². The van der Waals surface area contributed by atoms with Crippen molar-refractivity contribution in [3.63, 3.8) is 0 Å². The van der Waals surface area contributed by atoms with E-state index >= 15 is 0 Å². The van der Waals surface area contributed by atoms with Crippen LogP contribution in [0.2, 0.25) is 5.28 Å². The normalized spacial score (nSPS) is 16.4. The summed E-state index contributed by atoms with van der Waals surface area (Å²) in [6.45, 7) is 1.64. The largest absolute Gasteiger partial charge is 0.385 e. The number of nitrogens with zero attached hydrogens (tertiary/aromatic N) is 3. The SMILES string of the molecule is CNc1nc(Cl)nc(NCC2(CCOC)CC2)n1. The third-order valence-electron chi connectivity index (χ3n) is 3.25. The second kappa shape index (κ2) is 5.67. The molecule has 1 saturated carbocycles. The summed E-state index contributed by atoms with van der Waals surface area (Å²) in [5.74, 6) is 0.988.